The molecule has 4 rings (SSSR count). The third-order valence-electron chi connectivity index (χ3n) is 5.06. The number of carboxylic acids is 1. The number of hydrogen-bond acceptors (Lipinski definition) is 5. The van der Waals surface area contributed by atoms with Gasteiger partial charge in [-0.25, -0.2) is 9.59 Å². The Morgan fingerprint density at radius 3 is 2.52 bits per heavy atom. The van der Waals surface area contributed by atoms with Crippen molar-refractivity contribution >= 4 is 29.5 Å². The summed E-state index contributed by atoms with van der Waals surface area (Å²) in [7, 11) is 0. The van der Waals surface area contributed by atoms with Crippen molar-refractivity contribution in [1.29, 1.82) is 0 Å². The topological polar surface area (TPSA) is 93.5 Å². The van der Waals surface area contributed by atoms with Crippen molar-refractivity contribution in [3.8, 4) is 5.75 Å². The number of rotatable bonds is 5. The third-order valence-corrected chi connectivity index (χ3v) is 5.40. The molecule has 2 aromatic carbocycles. The molecule has 1 atom stereocenters. The Hall–Kier alpha value is -3.58. The lowest BCUT2D eigenvalue weighted by Gasteiger charge is -2.29. The number of fused-ring (bicyclic) bond motifs is 1. The number of para-hydroxylation sites is 1. The van der Waals surface area contributed by atoms with Gasteiger partial charge in [0.1, 0.15) is 11.6 Å². The molecule has 0 spiro atoms. The van der Waals surface area contributed by atoms with E-state index in [2.05, 4.69) is 10.4 Å². The Morgan fingerprint density at radius 1 is 1.13 bits per heavy atom. The summed E-state index contributed by atoms with van der Waals surface area (Å²) >= 11 is 6.44. The van der Waals surface area contributed by atoms with E-state index in [-0.39, 0.29) is 5.57 Å². The smallest absolute Gasteiger partial charge is 0.442 e. The highest BCUT2D eigenvalue weighted by atomic mass is 35.5. The maximum absolute atomic E-state index is 12.8. The Morgan fingerprint density at radius 2 is 1.84 bits per heavy atom. The van der Waals surface area contributed by atoms with Crippen molar-refractivity contribution < 1.29 is 19.4 Å². The second-order valence-electron chi connectivity index (χ2n) is 7.07. The fraction of sp³-hybridized carbons (Fsp3) is 0.174. The molecule has 8 heteroatoms. The van der Waals surface area contributed by atoms with Crippen LogP contribution >= 0.6 is 11.6 Å². The summed E-state index contributed by atoms with van der Waals surface area (Å²) < 4.78 is 6.53. The fourth-order valence-corrected chi connectivity index (χ4v) is 3.99. The molecule has 0 amide bonds. The van der Waals surface area contributed by atoms with Gasteiger partial charge in [0.05, 0.1) is 11.8 Å². The zero-order valence-corrected chi connectivity index (χ0v) is 17.5. The highest BCUT2D eigenvalue weighted by molar-refractivity contribution is 6.31. The van der Waals surface area contributed by atoms with Crippen molar-refractivity contribution in [1.82, 2.24) is 9.78 Å². The highest BCUT2D eigenvalue weighted by Crippen LogP contribution is 2.44. The lowest BCUT2D eigenvalue weighted by atomic mass is 9.82. The number of allylic oxidation sites excluding steroid dienone is 1. The molecule has 1 aromatic heterocycles. The molecule has 31 heavy (non-hydrogen) atoms. The number of carboxylic acid groups (broad SMARTS) is 1. The third kappa shape index (κ3) is 3.92. The molecular weight excluding hydrogens is 418 g/mol. The first kappa shape index (κ1) is 20.7. The first-order valence-corrected chi connectivity index (χ1v) is 10.2. The fourth-order valence-electron chi connectivity index (χ4n) is 3.74. The van der Waals surface area contributed by atoms with Crippen LogP contribution in [-0.4, -0.2) is 26.9 Å². The number of ether oxygens (including phenoxy) is 1. The van der Waals surface area contributed by atoms with Gasteiger partial charge in [-0.3, -0.25) is 0 Å². The second kappa shape index (κ2) is 8.65. The van der Waals surface area contributed by atoms with Crippen LogP contribution in [-0.2, 0) is 4.79 Å². The number of aromatic nitrogens is 2. The van der Waals surface area contributed by atoms with Gasteiger partial charge in [-0.05, 0) is 30.2 Å². The molecule has 0 radical (unpaired) electrons. The normalized spacial score (nSPS) is 15.2. The summed E-state index contributed by atoms with van der Waals surface area (Å²) in [6.45, 7) is 1.95. The van der Waals surface area contributed by atoms with E-state index in [1.54, 1.807) is 48.5 Å². The van der Waals surface area contributed by atoms with Crippen LogP contribution in [0.5, 0.6) is 5.75 Å². The molecule has 0 fully saturated rings. The van der Waals surface area contributed by atoms with E-state index in [0.717, 1.165) is 4.68 Å². The zero-order chi connectivity index (χ0) is 22.0. The standard InChI is InChI=1S/C23H20ClN3O4/c1-2-8-18-20(22(28)29)19(15-11-6-7-12-17(15)24)16-13-25-27(21(16)26-18)23(30)31-14-9-4-3-5-10-14/h3-7,9-13,19,26H,2,8H2,1H3,(H,28,29). The predicted octanol–water partition coefficient (Wildman–Crippen LogP) is 5.28. The Bertz CT molecular complexity index is 1170. The number of hydrogen-bond donors (Lipinski definition) is 2. The summed E-state index contributed by atoms with van der Waals surface area (Å²) in [5.41, 5.74) is 1.88. The van der Waals surface area contributed by atoms with E-state index in [9.17, 15) is 14.7 Å². The Labute approximate surface area is 183 Å². The molecule has 158 valence electrons. The van der Waals surface area contributed by atoms with E-state index in [0.29, 0.717) is 46.3 Å². The zero-order valence-electron chi connectivity index (χ0n) is 16.7. The quantitative estimate of drug-likeness (QED) is 0.564. The molecule has 0 saturated carbocycles. The first-order chi connectivity index (χ1) is 15.0. The number of benzene rings is 2. The largest absolute Gasteiger partial charge is 0.478 e. The molecule has 1 aliphatic heterocycles. The molecule has 2 heterocycles. The van der Waals surface area contributed by atoms with Crippen molar-refractivity contribution in [2.45, 2.75) is 25.7 Å². The van der Waals surface area contributed by atoms with E-state index in [1.807, 2.05) is 13.0 Å². The number of nitrogens with zero attached hydrogens (tertiary/aromatic N) is 2. The molecular formula is C23H20ClN3O4. The molecule has 0 aliphatic carbocycles. The van der Waals surface area contributed by atoms with Crippen LogP contribution < -0.4 is 10.1 Å². The minimum atomic E-state index is -1.05. The SMILES string of the molecule is CCCC1=C(C(=O)O)C(c2ccccc2Cl)c2cnn(C(=O)Oc3ccccc3)c2N1. The lowest BCUT2D eigenvalue weighted by molar-refractivity contribution is -0.133. The predicted molar refractivity (Wildman–Crippen MR) is 117 cm³/mol. The molecule has 0 bridgehead atoms. The molecule has 2 N–H and O–H groups in total. The molecule has 7 nitrogen and oxygen atoms in total. The number of nitrogens with one attached hydrogen (secondary N) is 1. The van der Waals surface area contributed by atoms with Crippen LogP contribution in [0, 0.1) is 0 Å². The van der Waals surface area contributed by atoms with Crippen LogP contribution in [0.25, 0.3) is 0 Å². The number of anilines is 1. The van der Waals surface area contributed by atoms with Crippen LogP contribution in [0.1, 0.15) is 36.8 Å². The average molecular weight is 438 g/mol. The lowest BCUT2D eigenvalue weighted by Crippen LogP contribution is -2.27. The molecule has 3 aromatic rings. The number of carbonyl (C=O) groups is 2. The van der Waals surface area contributed by atoms with Gasteiger partial charge < -0.3 is 15.2 Å². The highest BCUT2D eigenvalue weighted by Gasteiger charge is 2.37. The van der Waals surface area contributed by atoms with Gasteiger partial charge in [0.2, 0.25) is 0 Å². The van der Waals surface area contributed by atoms with E-state index >= 15 is 0 Å². The van der Waals surface area contributed by atoms with Crippen LogP contribution in [0.15, 0.2) is 72.1 Å². The van der Waals surface area contributed by atoms with Gasteiger partial charge in [-0.15, -0.1) is 4.68 Å². The van der Waals surface area contributed by atoms with Gasteiger partial charge in [0.15, 0.2) is 0 Å². The summed E-state index contributed by atoms with van der Waals surface area (Å²) in [4.78, 5) is 25.1. The van der Waals surface area contributed by atoms with Gasteiger partial charge in [-0.1, -0.05) is 61.3 Å². The summed E-state index contributed by atoms with van der Waals surface area (Å²) in [5.74, 6) is -0.974. The van der Waals surface area contributed by atoms with E-state index in [4.69, 9.17) is 16.3 Å². The summed E-state index contributed by atoms with van der Waals surface area (Å²) in [5, 5.41) is 17.8. The minimum Gasteiger partial charge on any atom is -0.478 e. The van der Waals surface area contributed by atoms with Crippen molar-refractivity contribution in [3.05, 3.63) is 88.2 Å². The van der Waals surface area contributed by atoms with Crippen LogP contribution in [0.4, 0.5) is 10.6 Å². The maximum Gasteiger partial charge on any atom is 0.442 e. The van der Waals surface area contributed by atoms with Crippen molar-refractivity contribution in [3.63, 3.8) is 0 Å². The second-order valence-corrected chi connectivity index (χ2v) is 7.48. The van der Waals surface area contributed by atoms with Crippen molar-refractivity contribution in [2.24, 2.45) is 0 Å². The summed E-state index contributed by atoms with van der Waals surface area (Å²) in [6.07, 6.45) is 1.98. The van der Waals surface area contributed by atoms with Gasteiger partial charge >= 0.3 is 12.1 Å². The van der Waals surface area contributed by atoms with Gasteiger partial charge in [0.25, 0.3) is 0 Å². The van der Waals surface area contributed by atoms with Gasteiger partial charge in [0, 0.05) is 22.2 Å². The first-order valence-electron chi connectivity index (χ1n) is 9.84. The number of halogens is 1. The molecule has 1 aliphatic rings. The minimum absolute atomic E-state index is 0.193. The van der Waals surface area contributed by atoms with Crippen molar-refractivity contribution in [2.75, 3.05) is 5.32 Å². The molecule has 0 saturated heterocycles. The number of aliphatic carboxylic acids is 1. The van der Waals surface area contributed by atoms with E-state index < -0.39 is 18.0 Å². The van der Waals surface area contributed by atoms with Crippen LogP contribution in [0.2, 0.25) is 5.02 Å². The maximum atomic E-state index is 12.8. The Balaban J connectivity index is 1.83. The molecule has 1 unspecified atom stereocenters. The Kier molecular flexibility index (Phi) is 5.77. The average Bonchev–Trinajstić information content (AvgIpc) is 3.18. The number of carbonyl (C=O) groups excluding carboxylic acids is 1. The van der Waals surface area contributed by atoms with E-state index in [1.165, 1.54) is 6.20 Å². The monoisotopic (exact) mass is 437 g/mol. The summed E-state index contributed by atoms with van der Waals surface area (Å²) in [6, 6.07) is 15.7. The van der Waals surface area contributed by atoms with Crippen LogP contribution in [0.3, 0.4) is 0 Å². The van der Waals surface area contributed by atoms with Gasteiger partial charge in [-0.2, -0.15) is 5.10 Å².